The van der Waals surface area contributed by atoms with Gasteiger partial charge in [0.2, 0.25) is 0 Å². The van der Waals surface area contributed by atoms with E-state index in [4.69, 9.17) is 5.11 Å². The molecule has 0 saturated carbocycles. The Morgan fingerprint density at radius 1 is 1.10 bits per heavy atom. The maximum Gasteiger partial charge on any atom is 0.431 e. The summed E-state index contributed by atoms with van der Waals surface area (Å²) in [5.41, 5.74) is -2.59. The third-order valence-electron chi connectivity index (χ3n) is 2.88. The molecular weight excluding hydrogens is 287 g/mol. The molecule has 1 heterocycles. The molecule has 0 aliphatic carbocycles. The number of nitrogens with zero attached hydrogens (tertiary/aromatic N) is 1. The van der Waals surface area contributed by atoms with E-state index in [0.29, 0.717) is 22.3 Å². The lowest BCUT2D eigenvalue weighted by atomic mass is 10.2. The van der Waals surface area contributed by atoms with Crippen molar-refractivity contribution in [1.82, 2.24) is 4.57 Å². The molecule has 0 unspecified atom stereocenters. The largest absolute Gasteiger partial charge is 0.477 e. The number of aromatic nitrogens is 1. The quantitative estimate of drug-likeness (QED) is 0.947. The van der Waals surface area contributed by atoms with Gasteiger partial charge in [-0.2, -0.15) is 13.2 Å². The number of halogens is 3. The number of carboxylic acids is 1. The smallest absolute Gasteiger partial charge is 0.431 e. The summed E-state index contributed by atoms with van der Waals surface area (Å²) in [6, 6.07) is 9.32. The summed E-state index contributed by atoms with van der Waals surface area (Å²) in [6.45, 7) is -0.352. The second-order valence-corrected chi connectivity index (χ2v) is 4.31. The van der Waals surface area contributed by atoms with Crippen molar-refractivity contribution in [2.24, 2.45) is 0 Å². The molecule has 0 bridgehead atoms. The molecule has 0 radical (unpaired) electrons. The first-order valence-corrected chi connectivity index (χ1v) is 5.89. The fraction of sp³-hybridized carbons (Fsp3) is 0.143. The molecule has 0 atom stereocenters. The van der Waals surface area contributed by atoms with Gasteiger partial charge in [0.1, 0.15) is 11.3 Å². The Labute approximate surface area is 117 Å². The molecule has 1 aromatic heterocycles. The van der Waals surface area contributed by atoms with E-state index in [1.165, 1.54) is 0 Å². The lowest BCUT2D eigenvalue weighted by Gasteiger charge is -2.16. The summed E-state index contributed by atoms with van der Waals surface area (Å²) in [5, 5.41) is 8.86. The van der Waals surface area contributed by atoms with Crippen LogP contribution in [0.1, 0.15) is 21.6 Å². The number of pyridine rings is 1. The van der Waals surface area contributed by atoms with Crippen molar-refractivity contribution in [3.8, 4) is 0 Å². The SMILES string of the molecule is O=C(O)c1ccc(C(F)(F)F)n(Cc2ccccc2)c1=O. The van der Waals surface area contributed by atoms with Gasteiger partial charge < -0.3 is 5.11 Å². The minimum atomic E-state index is -4.75. The van der Waals surface area contributed by atoms with Gasteiger partial charge in [0.25, 0.3) is 5.56 Å². The van der Waals surface area contributed by atoms with Crippen LogP contribution in [0.5, 0.6) is 0 Å². The molecule has 110 valence electrons. The molecule has 7 heteroatoms. The predicted octanol–water partition coefficient (Wildman–Crippen LogP) is 2.61. The molecule has 4 nitrogen and oxygen atoms in total. The third-order valence-corrected chi connectivity index (χ3v) is 2.88. The number of hydrogen-bond donors (Lipinski definition) is 1. The Morgan fingerprint density at radius 2 is 1.71 bits per heavy atom. The van der Waals surface area contributed by atoms with Crippen molar-refractivity contribution in [1.29, 1.82) is 0 Å². The molecule has 0 aliphatic heterocycles. The van der Waals surface area contributed by atoms with Crippen LogP contribution in [0, 0.1) is 0 Å². The van der Waals surface area contributed by atoms with E-state index in [1.54, 1.807) is 30.3 Å². The average molecular weight is 297 g/mol. The molecule has 0 aliphatic rings. The van der Waals surface area contributed by atoms with Crippen molar-refractivity contribution in [2.45, 2.75) is 12.7 Å². The van der Waals surface area contributed by atoms with Crippen LogP contribution in [0.2, 0.25) is 0 Å². The third kappa shape index (κ3) is 3.13. The van der Waals surface area contributed by atoms with Crippen LogP contribution >= 0.6 is 0 Å². The van der Waals surface area contributed by atoms with Crippen LogP contribution in [0.15, 0.2) is 47.3 Å². The highest BCUT2D eigenvalue weighted by Gasteiger charge is 2.35. The highest BCUT2D eigenvalue weighted by atomic mass is 19.4. The first-order chi connectivity index (χ1) is 9.80. The monoisotopic (exact) mass is 297 g/mol. The summed E-state index contributed by atoms with van der Waals surface area (Å²) in [4.78, 5) is 22.9. The predicted molar refractivity (Wildman–Crippen MR) is 68.2 cm³/mol. The molecule has 1 N–H and O–H groups in total. The summed E-state index contributed by atoms with van der Waals surface area (Å²) in [5.74, 6) is -1.56. The summed E-state index contributed by atoms with van der Waals surface area (Å²) in [7, 11) is 0. The lowest BCUT2D eigenvalue weighted by Crippen LogP contribution is -2.32. The number of alkyl halides is 3. The van der Waals surface area contributed by atoms with Gasteiger partial charge in [0.05, 0.1) is 6.54 Å². The van der Waals surface area contributed by atoms with E-state index in [-0.39, 0.29) is 6.54 Å². The van der Waals surface area contributed by atoms with Crippen LogP contribution in [0.3, 0.4) is 0 Å². The Balaban J connectivity index is 2.62. The zero-order valence-corrected chi connectivity index (χ0v) is 10.6. The highest BCUT2D eigenvalue weighted by Crippen LogP contribution is 2.28. The highest BCUT2D eigenvalue weighted by molar-refractivity contribution is 5.87. The second kappa shape index (κ2) is 5.43. The normalized spacial score (nSPS) is 11.4. The zero-order valence-electron chi connectivity index (χ0n) is 10.6. The van der Waals surface area contributed by atoms with E-state index < -0.39 is 29.0 Å². The van der Waals surface area contributed by atoms with Gasteiger partial charge in [-0.05, 0) is 17.7 Å². The number of carbonyl (C=O) groups is 1. The Kier molecular flexibility index (Phi) is 3.84. The van der Waals surface area contributed by atoms with E-state index >= 15 is 0 Å². The fourth-order valence-corrected chi connectivity index (χ4v) is 1.91. The van der Waals surface area contributed by atoms with Gasteiger partial charge in [-0.3, -0.25) is 9.36 Å². The molecule has 21 heavy (non-hydrogen) atoms. The molecule has 0 saturated heterocycles. The maximum absolute atomic E-state index is 13.0. The summed E-state index contributed by atoms with van der Waals surface area (Å²) >= 11 is 0. The molecule has 0 fully saturated rings. The molecule has 2 aromatic rings. The maximum atomic E-state index is 13.0. The average Bonchev–Trinajstić information content (AvgIpc) is 2.40. The Morgan fingerprint density at radius 3 is 2.24 bits per heavy atom. The molecule has 0 spiro atoms. The van der Waals surface area contributed by atoms with Crippen molar-refractivity contribution < 1.29 is 23.1 Å². The molecular formula is C14H10F3NO3. The number of carboxylic acid groups (broad SMARTS) is 1. The van der Waals surface area contributed by atoms with Crippen molar-refractivity contribution in [3.63, 3.8) is 0 Å². The number of rotatable bonds is 3. The van der Waals surface area contributed by atoms with E-state index in [0.717, 1.165) is 0 Å². The van der Waals surface area contributed by atoms with Crippen molar-refractivity contribution >= 4 is 5.97 Å². The van der Waals surface area contributed by atoms with Crippen LogP contribution in [0.4, 0.5) is 13.2 Å². The van der Waals surface area contributed by atoms with Crippen LogP contribution in [-0.4, -0.2) is 15.6 Å². The minimum absolute atomic E-state index is 0.352. The number of aromatic carboxylic acids is 1. The van der Waals surface area contributed by atoms with E-state index in [9.17, 15) is 22.8 Å². The van der Waals surface area contributed by atoms with E-state index in [1.807, 2.05) is 0 Å². The number of hydrogen-bond acceptors (Lipinski definition) is 2. The van der Waals surface area contributed by atoms with E-state index in [2.05, 4.69) is 0 Å². The van der Waals surface area contributed by atoms with Gasteiger partial charge >= 0.3 is 12.1 Å². The first kappa shape index (κ1) is 14.8. The lowest BCUT2D eigenvalue weighted by molar-refractivity contribution is -0.144. The Hall–Kier alpha value is -2.57. The zero-order chi connectivity index (χ0) is 15.6. The first-order valence-electron chi connectivity index (χ1n) is 5.89. The molecule has 1 aromatic carbocycles. The summed E-state index contributed by atoms with van der Waals surface area (Å²) < 4.78 is 39.3. The van der Waals surface area contributed by atoms with Crippen LogP contribution < -0.4 is 5.56 Å². The molecule has 0 amide bonds. The van der Waals surface area contributed by atoms with Crippen molar-refractivity contribution in [3.05, 3.63) is 69.6 Å². The van der Waals surface area contributed by atoms with Gasteiger partial charge in [-0.15, -0.1) is 0 Å². The van der Waals surface area contributed by atoms with Crippen LogP contribution in [-0.2, 0) is 12.7 Å². The van der Waals surface area contributed by atoms with Crippen LogP contribution in [0.25, 0.3) is 0 Å². The van der Waals surface area contributed by atoms with Gasteiger partial charge in [0, 0.05) is 0 Å². The standard InChI is InChI=1S/C14H10F3NO3/c15-14(16,17)11-7-6-10(13(20)21)12(19)18(11)8-9-4-2-1-3-5-9/h1-7H,8H2,(H,20,21). The van der Waals surface area contributed by atoms with Gasteiger partial charge in [-0.1, -0.05) is 30.3 Å². The minimum Gasteiger partial charge on any atom is -0.477 e. The fourth-order valence-electron chi connectivity index (χ4n) is 1.91. The Bertz CT molecular complexity index is 720. The van der Waals surface area contributed by atoms with Crippen molar-refractivity contribution in [2.75, 3.05) is 0 Å². The topological polar surface area (TPSA) is 59.3 Å². The van der Waals surface area contributed by atoms with Gasteiger partial charge in [0.15, 0.2) is 0 Å². The number of benzene rings is 1. The summed E-state index contributed by atoms with van der Waals surface area (Å²) in [6.07, 6.45) is -4.75. The second-order valence-electron chi connectivity index (χ2n) is 4.31. The van der Waals surface area contributed by atoms with Gasteiger partial charge in [-0.25, -0.2) is 4.79 Å². The molecule has 2 rings (SSSR count).